The van der Waals surface area contributed by atoms with Crippen molar-refractivity contribution in [3.8, 4) is 17.2 Å². The van der Waals surface area contributed by atoms with Crippen LogP contribution in [0, 0.1) is 0 Å². The number of hydrogen-bond donors (Lipinski definition) is 0. The number of esters is 2. The van der Waals surface area contributed by atoms with E-state index in [-0.39, 0.29) is 17.7 Å². The lowest BCUT2D eigenvalue weighted by molar-refractivity contribution is -0.137. The maximum atomic E-state index is 12.5. The van der Waals surface area contributed by atoms with Crippen LogP contribution in [0.2, 0.25) is 0 Å². The molecule has 0 bridgehead atoms. The van der Waals surface area contributed by atoms with Gasteiger partial charge in [-0.05, 0) is 31.4 Å². The maximum Gasteiger partial charge on any atom is 0.311 e. The lowest BCUT2D eigenvalue weighted by atomic mass is 10.1. The minimum Gasteiger partial charge on any atom is -0.493 e. The summed E-state index contributed by atoms with van der Waals surface area (Å²) in [5.41, 5.74) is 0. The minimum absolute atomic E-state index is 0.270. The van der Waals surface area contributed by atoms with Crippen LogP contribution in [0.5, 0.6) is 17.2 Å². The van der Waals surface area contributed by atoms with Gasteiger partial charge in [0.15, 0.2) is 11.5 Å². The van der Waals surface area contributed by atoms with Gasteiger partial charge in [0.05, 0.1) is 6.61 Å². The molecule has 0 aliphatic heterocycles. The molecule has 0 saturated carbocycles. The third-order valence-electron chi connectivity index (χ3n) is 6.60. The SMILES string of the molecule is CCCCCCCCCC(=O)Oc1ccc(OCCCCCC)cc1OC(=O)CCCCCCCCC. The highest BCUT2D eigenvalue weighted by Crippen LogP contribution is 2.33. The molecule has 0 heterocycles. The molecular formula is C32H54O5. The van der Waals surface area contributed by atoms with Crippen molar-refractivity contribution in [1.29, 1.82) is 0 Å². The summed E-state index contributed by atoms with van der Waals surface area (Å²) in [6.45, 7) is 7.22. The predicted octanol–water partition coefficient (Wildman–Crippen LogP) is 9.74. The van der Waals surface area contributed by atoms with Gasteiger partial charge in [-0.2, -0.15) is 0 Å². The number of hydrogen-bond acceptors (Lipinski definition) is 5. The summed E-state index contributed by atoms with van der Waals surface area (Å²) in [6.07, 6.45) is 21.2. The highest BCUT2D eigenvalue weighted by molar-refractivity contribution is 5.76. The highest BCUT2D eigenvalue weighted by atomic mass is 16.6. The standard InChI is InChI=1S/C32H54O5/c1-4-7-10-13-15-17-19-22-31(33)36-29-25-24-28(35-26-21-12-9-6-3)27-30(29)37-32(34)23-20-18-16-14-11-8-5-2/h24-25,27H,4-23,26H2,1-3H3. The fourth-order valence-corrected chi connectivity index (χ4v) is 4.26. The molecule has 0 spiro atoms. The lowest BCUT2D eigenvalue weighted by Gasteiger charge is -2.13. The molecule has 1 aromatic rings. The van der Waals surface area contributed by atoms with E-state index in [1.807, 2.05) is 0 Å². The molecule has 0 aliphatic carbocycles. The average Bonchev–Trinajstić information content (AvgIpc) is 2.89. The van der Waals surface area contributed by atoms with Gasteiger partial charge >= 0.3 is 11.9 Å². The van der Waals surface area contributed by atoms with Crippen LogP contribution in [-0.2, 0) is 9.59 Å². The monoisotopic (exact) mass is 518 g/mol. The van der Waals surface area contributed by atoms with Crippen molar-refractivity contribution in [3.05, 3.63) is 18.2 Å². The van der Waals surface area contributed by atoms with E-state index in [1.54, 1.807) is 18.2 Å². The Kier molecular flexibility index (Phi) is 20.6. The molecule has 0 radical (unpaired) electrons. The molecule has 0 fully saturated rings. The van der Waals surface area contributed by atoms with Crippen molar-refractivity contribution in [2.45, 2.75) is 149 Å². The van der Waals surface area contributed by atoms with E-state index in [0.29, 0.717) is 30.9 Å². The first-order chi connectivity index (χ1) is 18.1. The van der Waals surface area contributed by atoms with Gasteiger partial charge in [-0.3, -0.25) is 9.59 Å². The van der Waals surface area contributed by atoms with Crippen molar-refractivity contribution in [1.82, 2.24) is 0 Å². The highest BCUT2D eigenvalue weighted by Gasteiger charge is 2.15. The van der Waals surface area contributed by atoms with Crippen molar-refractivity contribution in [2.75, 3.05) is 6.61 Å². The molecule has 1 rings (SSSR count). The number of carbonyl (C=O) groups excluding carboxylic acids is 2. The summed E-state index contributed by atoms with van der Waals surface area (Å²) in [6, 6.07) is 5.14. The molecule has 0 aromatic heterocycles. The zero-order valence-corrected chi connectivity index (χ0v) is 24.1. The lowest BCUT2D eigenvalue weighted by Crippen LogP contribution is -2.12. The second kappa shape index (κ2) is 23.1. The van der Waals surface area contributed by atoms with E-state index in [2.05, 4.69) is 20.8 Å². The van der Waals surface area contributed by atoms with E-state index in [9.17, 15) is 9.59 Å². The molecular weight excluding hydrogens is 464 g/mol. The number of unbranched alkanes of at least 4 members (excludes halogenated alkanes) is 15. The Balaban J connectivity index is 2.59. The minimum atomic E-state index is -0.293. The van der Waals surface area contributed by atoms with Crippen LogP contribution in [0.25, 0.3) is 0 Å². The smallest absolute Gasteiger partial charge is 0.311 e. The molecule has 5 heteroatoms. The first-order valence-electron chi connectivity index (χ1n) is 15.3. The van der Waals surface area contributed by atoms with Gasteiger partial charge in [-0.15, -0.1) is 0 Å². The Morgan fingerprint density at radius 3 is 1.49 bits per heavy atom. The van der Waals surface area contributed by atoms with Gasteiger partial charge < -0.3 is 14.2 Å². The molecule has 0 unspecified atom stereocenters. The Bertz CT molecular complexity index is 715. The van der Waals surface area contributed by atoms with Gasteiger partial charge in [0.25, 0.3) is 0 Å². The van der Waals surface area contributed by atoms with Crippen LogP contribution in [0.1, 0.15) is 149 Å². The predicted molar refractivity (Wildman–Crippen MR) is 153 cm³/mol. The van der Waals surface area contributed by atoms with Gasteiger partial charge in [0, 0.05) is 18.9 Å². The van der Waals surface area contributed by atoms with Gasteiger partial charge in [-0.1, -0.05) is 117 Å². The van der Waals surface area contributed by atoms with Gasteiger partial charge in [0.2, 0.25) is 0 Å². The fraction of sp³-hybridized carbons (Fsp3) is 0.750. The summed E-state index contributed by atoms with van der Waals surface area (Å²) in [5, 5.41) is 0. The first-order valence-corrected chi connectivity index (χ1v) is 15.3. The molecule has 37 heavy (non-hydrogen) atoms. The first kappa shape index (κ1) is 33.0. The van der Waals surface area contributed by atoms with Crippen molar-refractivity contribution < 1.29 is 23.8 Å². The number of carbonyl (C=O) groups is 2. The number of rotatable bonds is 24. The molecule has 5 nitrogen and oxygen atoms in total. The average molecular weight is 519 g/mol. The summed E-state index contributed by atoms with van der Waals surface area (Å²) in [4.78, 5) is 25.0. The van der Waals surface area contributed by atoms with E-state index >= 15 is 0 Å². The van der Waals surface area contributed by atoms with Gasteiger partial charge in [-0.25, -0.2) is 0 Å². The third kappa shape index (κ3) is 18.0. The fourth-order valence-electron chi connectivity index (χ4n) is 4.26. The van der Waals surface area contributed by atoms with E-state index in [0.717, 1.165) is 51.4 Å². The van der Waals surface area contributed by atoms with Crippen LogP contribution >= 0.6 is 0 Å². The van der Waals surface area contributed by atoms with Crippen LogP contribution in [0.15, 0.2) is 18.2 Å². The second-order valence-corrected chi connectivity index (χ2v) is 10.2. The van der Waals surface area contributed by atoms with E-state index < -0.39 is 0 Å². The summed E-state index contributed by atoms with van der Waals surface area (Å²) < 4.78 is 17.1. The molecule has 212 valence electrons. The van der Waals surface area contributed by atoms with Crippen LogP contribution in [0.3, 0.4) is 0 Å². The molecule has 1 aromatic carbocycles. The Hall–Kier alpha value is -2.04. The number of ether oxygens (including phenoxy) is 3. The zero-order chi connectivity index (χ0) is 27.0. The van der Waals surface area contributed by atoms with Crippen LogP contribution in [-0.4, -0.2) is 18.5 Å². The van der Waals surface area contributed by atoms with Crippen LogP contribution < -0.4 is 14.2 Å². The molecule has 0 atom stereocenters. The maximum absolute atomic E-state index is 12.5. The topological polar surface area (TPSA) is 61.8 Å². The second-order valence-electron chi connectivity index (χ2n) is 10.2. The summed E-state index contributed by atoms with van der Waals surface area (Å²) in [7, 11) is 0. The summed E-state index contributed by atoms with van der Waals surface area (Å²) in [5.74, 6) is 0.609. The Morgan fingerprint density at radius 1 is 0.541 bits per heavy atom. The Labute approximate surface area is 227 Å². The molecule has 0 amide bonds. The van der Waals surface area contributed by atoms with E-state index in [4.69, 9.17) is 14.2 Å². The van der Waals surface area contributed by atoms with Crippen molar-refractivity contribution in [3.63, 3.8) is 0 Å². The van der Waals surface area contributed by atoms with Gasteiger partial charge in [0.1, 0.15) is 5.75 Å². The normalized spacial score (nSPS) is 10.9. The van der Waals surface area contributed by atoms with Crippen LogP contribution in [0.4, 0.5) is 0 Å². The molecule has 0 aliphatic rings. The summed E-state index contributed by atoms with van der Waals surface area (Å²) >= 11 is 0. The van der Waals surface area contributed by atoms with E-state index in [1.165, 1.54) is 64.2 Å². The third-order valence-corrected chi connectivity index (χ3v) is 6.60. The van der Waals surface area contributed by atoms with Crippen molar-refractivity contribution in [2.24, 2.45) is 0 Å². The molecule has 0 saturated heterocycles. The zero-order valence-electron chi connectivity index (χ0n) is 24.1. The number of benzene rings is 1. The Morgan fingerprint density at radius 2 is 0.973 bits per heavy atom. The van der Waals surface area contributed by atoms with Crippen molar-refractivity contribution >= 4 is 11.9 Å². The quantitative estimate of drug-likeness (QED) is 0.0774. The molecule has 0 N–H and O–H groups in total. The largest absolute Gasteiger partial charge is 0.493 e.